The van der Waals surface area contributed by atoms with E-state index >= 15 is 0 Å². The zero-order chi connectivity index (χ0) is 5.40. The van der Waals surface area contributed by atoms with Crippen LogP contribution in [0.25, 0.3) is 0 Å². The summed E-state index contributed by atoms with van der Waals surface area (Å²) in [6.07, 6.45) is 8.99. The van der Waals surface area contributed by atoms with E-state index in [9.17, 15) is 0 Å². The molecule has 0 aliphatic heterocycles. The molecule has 0 radical (unpaired) electrons. The second-order valence-electron chi connectivity index (χ2n) is 2.37. The molecular formula is C8H8. The van der Waals surface area contributed by atoms with Crippen LogP contribution in [0.4, 0.5) is 0 Å². The Bertz CT molecular complexity index is 190. The molecule has 8 heavy (non-hydrogen) atoms. The van der Waals surface area contributed by atoms with Crippen molar-refractivity contribution in [3.63, 3.8) is 0 Å². The number of hydrogen-bond donors (Lipinski definition) is 0. The van der Waals surface area contributed by atoms with Gasteiger partial charge in [0.1, 0.15) is 0 Å². The first-order valence-corrected chi connectivity index (χ1v) is 3.09. The van der Waals surface area contributed by atoms with Crippen molar-refractivity contribution in [2.75, 3.05) is 0 Å². The molecule has 1 atom stereocenters. The highest BCUT2D eigenvalue weighted by Crippen LogP contribution is 2.34. The normalized spacial score (nSPS) is 31.0. The maximum Gasteiger partial charge on any atom is 0.00593 e. The lowest BCUT2D eigenvalue weighted by molar-refractivity contribution is 0.532. The van der Waals surface area contributed by atoms with Crippen molar-refractivity contribution in [2.24, 2.45) is 5.92 Å². The van der Waals surface area contributed by atoms with Gasteiger partial charge in [0, 0.05) is 5.92 Å². The van der Waals surface area contributed by atoms with Crippen LogP contribution in [-0.2, 0) is 0 Å². The molecule has 0 heterocycles. The van der Waals surface area contributed by atoms with E-state index in [0.29, 0.717) is 0 Å². The molecule has 2 aliphatic carbocycles. The van der Waals surface area contributed by atoms with Crippen molar-refractivity contribution in [1.82, 2.24) is 0 Å². The van der Waals surface area contributed by atoms with Crippen LogP contribution in [0.5, 0.6) is 0 Å². The minimum absolute atomic E-state index is 0.778. The Balaban J connectivity index is 2.42. The molecule has 1 saturated carbocycles. The highest BCUT2D eigenvalue weighted by molar-refractivity contribution is 5.27. The molecule has 2 aliphatic rings. The molecule has 1 fully saturated rings. The molecule has 0 aromatic rings. The van der Waals surface area contributed by atoms with E-state index < -0.39 is 0 Å². The topological polar surface area (TPSA) is 0 Å². The molecule has 1 unspecified atom stereocenters. The molecule has 0 N–H and O–H groups in total. The fraction of sp³-hybridized carbons (Fsp3) is 0.375. The van der Waals surface area contributed by atoms with Crippen LogP contribution < -0.4 is 0 Å². The number of fused-ring (bicyclic) bond motifs is 1. The maximum absolute atomic E-state index is 3.22. The SMILES string of the molecule is C1=CC=CC2CCC=12. The average molecular weight is 104 g/mol. The molecular weight excluding hydrogens is 96.1 g/mol. The molecule has 0 aromatic heterocycles. The van der Waals surface area contributed by atoms with Gasteiger partial charge >= 0.3 is 0 Å². The maximum atomic E-state index is 3.22. The third kappa shape index (κ3) is 0.410. The van der Waals surface area contributed by atoms with Crippen molar-refractivity contribution in [2.45, 2.75) is 12.8 Å². The van der Waals surface area contributed by atoms with Crippen LogP contribution in [0, 0.1) is 5.92 Å². The van der Waals surface area contributed by atoms with Gasteiger partial charge in [-0.15, -0.1) is 5.73 Å². The van der Waals surface area contributed by atoms with Crippen molar-refractivity contribution in [3.05, 3.63) is 29.5 Å². The third-order valence-electron chi connectivity index (χ3n) is 1.88. The van der Waals surface area contributed by atoms with Gasteiger partial charge in [0.15, 0.2) is 0 Å². The highest BCUT2D eigenvalue weighted by atomic mass is 14.2. The third-order valence-corrected chi connectivity index (χ3v) is 1.88. The minimum atomic E-state index is 0.778. The average Bonchev–Trinajstić information content (AvgIpc) is 1.72. The van der Waals surface area contributed by atoms with Gasteiger partial charge in [-0.1, -0.05) is 12.2 Å². The second-order valence-corrected chi connectivity index (χ2v) is 2.37. The van der Waals surface area contributed by atoms with Crippen LogP contribution in [0.3, 0.4) is 0 Å². The van der Waals surface area contributed by atoms with Crippen molar-refractivity contribution < 1.29 is 0 Å². The lowest BCUT2D eigenvalue weighted by atomic mass is 9.78. The van der Waals surface area contributed by atoms with E-state index in [1.54, 1.807) is 0 Å². The fourth-order valence-corrected chi connectivity index (χ4v) is 1.19. The van der Waals surface area contributed by atoms with Gasteiger partial charge in [0.2, 0.25) is 0 Å². The summed E-state index contributed by atoms with van der Waals surface area (Å²) >= 11 is 0. The number of hydrogen-bond acceptors (Lipinski definition) is 0. The smallest absolute Gasteiger partial charge is 0.00593 e. The van der Waals surface area contributed by atoms with Gasteiger partial charge in [0.05, 0.1) is 0 Å². The summed E-state index contributed by atoms with van der Waals surface area (Å²) in [6, 6.07) is 0. The van der Waals surface area contributed by atoms with Crippen LogP contribution in [0.2, 0.25) is 0 Å². The first kappa shape index (κ1) is 4.17. The molecule has 0 amide bonds. The van der Waals surface area contributed by atoms with Crippen LogP contribution in [0.1, 0.15) is 12.8 Å². The Kier molecular flexibility index (Phi) is 0.712. The first-order chi connectivity index (χ1) is 3.97. The molecule has 0 aromatic carbocycles. The Labute approximate surface area is 49.2 Å². The van der Waals surface area contributed by atoms with E-state index in [2.05, 4.69) is 17.9 Å². The molecule has 0 saturated heterocycles. The van der Waals surface area contributed by atoms with E-state index in [1.165, 1.54) is 18.4 Å². The lowest BCUT2D eigenvalue weighted by Gasteiger charge is -2.25. The zero-order valence-electron chi connectivity index (χ0n) is 4.72. The van der Waals surface area contributed by atoms with Crippen LogP contribution >= 0.6 is 0 Å². The number of allylic oxidation sites excluding steroid dienone is 3. The van der Waals surface area contributed by atoms with Crippen LogP contribution in [0.15, 0.2) is 29.5 Å². The van der Waals surface area contributed by atoms with Crippen molar-refractivity contribution in [1.29, 1.82) is 0 Å². The van der Waals surface area contributed by atoms with E-state index in [0.717, 1.165) is 5.92 Å². The van der Waals surface area contributed by atoms with Gasteiger partial charge in [-0.3, -0.25) is 0 Å². The fourth-order valence-electron chi connectivity index (χ4n) is 1.19. The molecule has 2 rings (SSSR count). The summed E-state index contributed by atoms with van der Waals surface area (Å²) in [5.41, 5.74) is 4.73. The number of rotatable bonds is 0. The second kappa shape index (κ2) is 1.37. The van der Waals surface area contributed by atoms with E-state index in [1.807, 2.05) is 6.08 Å². The van der Waals surface area contributed by atoms with Gasteiger partial charge in [-0.25, -0.2) is 0 Å². The Morgan fingerprint density at radius 1 is 1.62 bits per heavy atom. The first-order valence-electron chi connectivity index (χ1n) is 3.09. The van der Waals surface area contributed by atoms with Gasteiger partial charge in [-0.05, 0) is 24.5 Å². The van der Waals surface area contributed by atoms with E-state index in [-0.39, 0.29) is 0 Å². The lowest BCUT2D eigenvalue weighted by Crippen LogP contribution is -2.12. The molecule has 0 spiro atoms. The summed E-state index contributed by atoms with van der Waals surface area (Å²) < 4.78 is 0. The molecule has 0 bridgehead atoms. The van der Waals surface area contributed by atoms with Crippen LogP contribution in [-0.4, -0.2) is 0 Å². The highest BCUT2D eigenvalue weighted by Gasteiger charge is 2.21. The van der Waals surface area contributed by atoms with Gasteiger partial charge < -0.3 is 0 Å². The van der Waals surface area contributed by atoms with Gasteiger partial charge in [0.25, 0.3) is 0 Å². The summed E-state index contributed by atoms with van der Waals surface area (Å²) in [7, 11) is 0. The Morgan fingerprint density at radius 2 is 2.62 bits per heavy atom. The summed E-state index contributed by atoms with van der Waals surface area (Å²) in [5.74, 6) is 0.778. The summed E-state index contributed by atoms with van der Waals surface area (Å²) in [4.78, 5) is 0. The predicted molar refractivity (Wildman–Crippen MR) is 33.5 cm³/mol. The Morgan fingerprint density at radius 3 is 3.00 bits per heavy atom. The largest absolute Gasteiger partial charge is 0.121 e. The standard InChI is InChI=1S/C8H8/c1-2-4-8-6-5-7(8)3-1/h1-3,7H,5-6H2. The minimum Gasteiger partial charge on any atom is -0.121 e. The summed E-state index contributed by atoms with van der Waals surface area (Å²) in [5, 5.41) is 0. The molecule has 0 nitrogen and oxygen atoms in total. The zero-order valence-corrected chi connectivity index (χ0v) is 4.72. The summed E-state index contributed by atoms with van der Waals surface area (Å²) in [6.45, 7) is 0. The monoisotopic (exact) mass is 104 g/mol. The molecule has 40 valence electrons. The quantitative estimate of drug-likeness (QED) is 0.412. The van der Waals surface area contributed by atoms with Crippen molar-refractivity contribution >= 4 is 0 Å². The van der Waals surface area contributed by atoms with Crippen molar-refractivity contribution in [3.8, 4) is 0 Å². The van der Waals surface area contributed by atoms with E-state index in [4.69, 9.17) is 0 Å². The predicted octanol–water partition coefficient (Wildman–Crippen LogP) is 2.05. The Hall–Kier alpha value is -0.740. The molecule has 0 heteroatoms. The van der Waals surface area contributed by atoms with Gasteiger partial charge in [-0.2, -0.15) is 0 Å².